The lowest BCUT2D eigenvalue weighted by Crippen LogP contribution is -2.57. The molecule has 3 rings (SSSR count). The summed E-state index contributed by atoms with van der Waals surface area (Å²) in [6.07, 6.45) is 2.75. The summed E-state index contributed by atoms with van der Waals surface area (Å²) in [7, 11) is 0. The molecule has 2 aromatic rings. The van der Waals surface area contributed by atoms with Gasteiger partial charge in [-0.05, 0) is 44.2 Å². The van der Waals surface area contributed by atoms with Crippen molar-refractivity contribution in [2.75, 3.05) is 32.6 Å². The molecule has 0 amide bonds. The maximum absolute atomic E-state index is 13.5. The van der Waals surface area contributed by atoms with Crippen LogP contribution < -0.4 is 0 Å². The van der Waals surface area contributed by atoms with E-state index in [1.807, 2.05) is 30.5 Å². The third-order valence-electron chi connectivity index (χ3n) is 5.22. The Morgan fingerprint density at radius 2 is 1.69 bits per heavy atom. The van der Waals surface area contributed by atoms with Gasteiger partial charge in [0.15, 0.2) is 5.78 Å². The smallest absolute Gasteiger partial charge is 0.183 e. The Morgan fingerprint density at radius 3 is 2.27 bits per heavy atom. The van der Waals surface area contributed by atoms with Crippen molar-refractivity contribution in [1.82, 2.24) is 4.90 Å². The number of hydrogen-bond donors (Lipinski definition) is 0. The van der Waals surface area contributed by atoms with Gasteiger partial charge in [-0.3, -0.25) is 9.69 Å². The summed E-state index contributed by atoms with van der Waals surface area (Å²) in [5, 5.41) is 0. The highest BCUT2D eigenvalue weighted by molar-refractivity contribution is 7.98. The van der Waals surface area contributed by atoms with Crippen LogP contribution in [0.5, 0.6) is 0 Å². The van der Waals surface area contributed by atoms with E-state index in [9.17, 15) is 4.79 Å². The van der Waals surface area contributed by atoms with Crippen LogP contribution in [0, 0.1) is 6.92 Å². The number of nitrogens with zero attached hydrogens (tertiary/aromatic N) is 1. The fraction of sp³-hybridized carbons (Fsp3) is 0.409. The quantitative estimate of drug-likeness (QED) is 0.563. The molecule has 0 aromatic heterocycles. The summed E-state index contributed by atoms with van der Waals surface area (Å²) >= 11 is 1.69. The third kappa shape index (κ3) is 4.20. The third-order valence-corrected chi connectivity index (χ3v) is 5.96. The number of ketones is 1. The van der Waals surface area contributed by atoms with Crippen LogP contribution in [-0.4, -0.2) is 48.8 Å². The van der Waals surface area contributed by atoms with E-state index in [4.69, 9.17) is 4.74 Å². The van der Waals surface area contributed by atoms with Crippen LogP contribution in [0.2, 0.25) is 0 Å². The number of thioether (sulfide) groups is 1. The molecule has 1 aliphatic heterocycles. The highest BCUT2D eigenvalue weighted by atomic mass is 32.2. The lowest BCUT2D eigenvalue weighted by molar-refractivity contribution is -0.00948. The molecule has 0 radical (unpaired) electrons. The maximum atomic E-state index is 13.5. The van der Waals surface area contributed by atoms with E-state index in [-0.39, 0.29) is 5.78 Å². The van der Waals surface area contributed by atoms with Crippen molar-refractivity contribution in [3.8, 4) is 0 Å². The first-order valence-electron chi connectivity index (χ1n) is 9.10. The monoisotopic (exact) mass is 369 g/mol. The molecule has 1 atom stereocenters. The highest BCUT2D eigenvalue weighted by Gasteiger charge is 2.40. The van der Waals surface area contributed by atoms with Gasteiger partial charge in [-0.15, -0.1) is 11.8 Å². The molecule has 2 aromatic carbocycles. The highest BCUT2D eigenvalue weighted by Crippen LogP contribution is 2.28. The summed E-state index contributed by atoms with van der Waals surface area (Å²) in [6.45, 7) is 7.12. The second-order valence-corrected chi connectivity index (χ2v) is 7.97. The number of ether oxygens (including phenoxy) is 1. The van der Waals surface area contributed by atoms with E-state index in [1.54, 1.807) is 11.8 Å². The fourth-order valence-electron chi connectivity index (χ4n) is 3.55. The SMILES string of the molecule is CSc1ccc(C(=O)C(C)(Cc2ccc(C)cc2)N2CCOCC2)cc1. The molecular weight excluding hydrogens is 342 g/mol. The van der Waals surface area contributed by atoms with Crippen molar-refractivity contribution in [2.24, 2.45) is 0 Å². The molecule has 1 fully saturated rings. The van der Waals surface area contributed by atoms with Crippen LogP contribution in [0.15, 0.2) is 53.4 Å². The van der Waals surface area contributed by atoms with Gasteiger partial charge in [-0.25, -0.2) is 0 Å². The lowest BCUT2D eigenvalue weighted by Gasteiger charge is -2.42. The molecule has 138 valence electrons. The van der Waals surface area contributed by atoms with Crippen LogP contribution in [0.3, 0.4) is 0 Å². The number of carbonyl (C=O) groups is 1. The van der Waals surface area contributed by atoms with Gasteiger partial charge >= 0.3 is 0 Å². The largest absolute Gasteiger partial charge is 0.379 e. The van der Waals surface area contributed by atoms with Gasteiger partial charge in [0.05, 0.1) is 18.8 Å². The average molecular weight is 370 g/mol. The minimum atomic E-state index is -0.570. The Kier molecular flexibility index (Phi) is 6.17. The molecule has 0 bridgehead atoms. The summed E-state index contributed by atoms with van der Waals surface area (Å²) in [6, 6.07) is 16.5. The van der Waals surface area contributed by atoms with E-state index in [0.29, 0.717) is 19.6 Å². The fourth-order valence-corrected chi connectivity index (χ4v) is 3.96. The van der Waals surface area contributed by atoms with Crippen molar-refractivity contribution < 1.29 is 9.53 Å². The number of Topliss-reactive ketones (excluding diaryl/α,β-unsaturated/α-hetero) is 1. The Morgan fingerprint density at radius 1 is 1.08 bits per heavy atom. The van der Waals surface area contributed by atoms with Gasteiger partial charge in [0.2, 0.25) is 0 Å². The minimum absolute atomic E-state index is 0.188. The molecule has 1 saturated heterocycles. The summed E-state index contributed by atoms with van der Waals surface area (Å²) < 4.78 is 5.52. The summed E-state index contributed by atoms with van der Waals surface area (Å²) in [5.74, 6) is 0.188. The topological polar surface area (TPSA) is 29.5 Å². The lowest BCUT2D eigenvalue weighted by atomic mass is 9.83. The molecule has 4 heteroatoms. The predicted molar refractivity (Wildman–Crippen MR) is 108 cm³/mol. The molecule has 0 aliphatic carbocycles. The molecule has 0 saturated carbocycles. The molecule has 0 spiro atoms. The maximum Gasteiger partial charge on any atom is 0.183 e. The number of rotatable bonds is 6. The van der Waals surface area contributed by atoms with Crippen LogP contribution in [0.1, 0.15) is 28.4 Å². The number of hydrogen-bond acceptors (Lipinski definition) is 4. The van der Waals surface area contributed by atoms with E-state index in [1.165, 1.54) is 16.0 Å². The Balaban J connectivity index is 1.92. The predicted octanol–water partition coefficient (Wildman–Crippen LogP) is 4.23. The van der Waals surface area contributed by atoms with Crippen LogP contribution in [0.25, 0.3) is 0 Å². The zero-order valence-electron chi connectivity index (χ0n) is 15.8. The van der Waals surface area contributed by atoms with Gasteiger partial charge in [0.1, 0.15) is 0 Å². The first-order chi connectivity index (χ1) is 12.5. The number of carbonyl (C=O) groups excluding carboxylic acids is 1. The second kappa shape index (κ2) is 8.38. The number of benzene rings is 2. The Hall–Kier alpha value is -1.62. The molecule has 1 heterocycles. The van der Waals surface area contributed by atoms with Gasteiger partial charge in [-0.2, -0.15) is 0 Å². The second-order valence-electron chi connectivity index (χ2n) is 7.09. The van der Waals surface area contributed by atoms with E-state index in [2.05, 4.69) is 43.0 Å². The van der Waals surface area contributed by atoms with Crippen LogP contribution in [0.4, 0.5) is 0 Å². The Labute approximate surface area is 160 Å². The van der Waals surface area contributed by atoms with Crippen LogP contribution in [-0.2, 0) is 11.2 Å². The normalized spacial score (nSPS) is 17.7. The summed E-state index contributed by atoms with van der Waals surface area (Å²) in [4.78, 5) is 17.0. The van der Waals surface area contributed by atoms with Crippen molar-refractivity contribution >= 4 is 17.5 Å². The van der Waals surface area contributed by atoms with Gasteiger partial charge in [0, 0.05) is 23.5 Å². The van der Waals surface area contributed by atoms with E-state index in [0.717, 1.165) is 18.7 Å². The average Bonchev–Trinajstić information content (AvgIpc) is 2.70. The first kappa shape index (κ1) is 19.2. The van der Waals surface area contributed by atoms with Crippen molar-refractivity contribution in [2.45, 2.75) is 30.7 Å². The van der Waals surface area contributed by atoms with Gasteiger partial charge in [-0.1, -0.05) is 42.0 Å². The molecule has 26 heavy (non-hydrogen) atoms. The van der Waals surface area contributed by atoms with Crippen molar-refractivity contribution in [1.29, 1.82) is 0 Å². The molecule has 1 aliphatic rings. The molecular formula is C22H27NO2S. The molecule has 1 unspecified atom stereocenters. The van der Waals surface area contributed by atoms with Gasteiger partial charge < -0.3 is 4.74 Å². The zero-order chi connectivity index (χ0) is 18.6. The summed E-state index contributed by atoms with van der Waals surface area (Å²) in [5.41, 5.74) is 2.64. The first-order valence-corrected chi connectivity index (χ1v) is 10.3. The number of aryl methyl sites for hydroxylation is 1. The van der Waals surface area contributed by atoms with Crippen molar-refractivity contribution in [3.63, 3.8) is 0 Å². The zero-order valence-corrected chi connectivity index (χ0v) is 16.6. The van der Waals surface area contributed by atoms with Crippen molar-refractivity contribution in [3.05, 3.63) is 65.2 Å². The number of morpholine rings is 1. The minimum Gasteiger partial charge on any atom is -0.379 e. The molecule has 3 nitrogen and oxygen atoms in total. The van der Waals surface area contributed by atoms with E-state index >= 15 is 0 Å². The molecule has 0 N–H and O–H groups in total. The van der Waals surface area contributed by atoms with E-state index < -0.39 is 5.54 Å². The standard InChI is InChI=1S/C22H27NO2S/c1-17-4-6-18(7-5-17)16-22(2,23-12-14-25-15-13-23)21(24)19-8-10-20(26-3)11-9-19/h4-11H,12-16H2,1-3H3. The Bertz CT molecular complexity index is 736. The van der Waals surface area contributed by atoms with Gasteiger partial charge in [0.25, 0.3) is 0 Å². The van der Waals surface area contributed by atoms with Crippen LogP contribution >= 0.6 is 11.8 Å².